The molecule has 1 aromatic rings. The van der Waals surface area contributed by atoms with Gasteiger partial charge in [-0.25, -0.2) is 9.36 Å². The van der Waals surface area contributed by atoms with Gasteiger partial charge in [0, 0.05) is 6.07 Å². The number of rotatable bonds is 5. The number of aromatic carboxylic acids is 1. The number of pyridine rings is 1. The highest BCUT2D eigenvalue weighted by Crippen LogP contribution is 2.37. The number of phosphoric acid groups is 1. The predicted molar refractivity (Wildman–Crippen MR) is 67.5 cm³/mol. The fraction of sp³-hybridized carbons (Fsp3) is 0.455. The molecule has 2 heterocycles. The third-order valence-electron chi connectivity index (χ3n) is 3.11. The van der Waals surface area contributed by atoms with Crippen LogP contribution in [0.4, 0.5) is 0 Å². The molecule has 0 saturated carbocycles. The van der Waals surface area contributed by atoms with Gasteiger partial charge in [-0.15, -0.1) is 0 Å². The highest BCUT2D eigenvalue weighted by atomic mass is 31.2. The summed E-state index contributed by atoms with van der Waals surface area (Å²) in [4.78, 5) is 28.2. The van der Waals surface area contributed by atoms with Gasteiger partial charge in [0.25, 0.3) is 6.23 Å². The number of phosphoric ester groups is 1. The van der Waals surface area contributed by atoms with Crippen LogP contribution in [0.15, 0.2) is 24.5 Å². The van der Waals surface area contributed by atoms with E-state index in [1.165, 1.54) is 29.1 Å². The molecule has 5 N–H and O–H groups in total. The fourth-order valence-corrected chi connectivity index (χ4v) is 2.40. The van der Waals surface area contributed by atoms with Crippen molar-refractivity contribution < 1.29 is 48.3 Å². The summed E-state index contributed by atoms with van der Waals surface area (Å²) in [5, 5.41) is 28.7. The monoisotopic (exact) mass is 336 g/mol. The van der Waals surface area contributed by atoms with Crippen LogP contribution >= 0.6 is 7.82 Å². The molecule has 122 valence electrons. The third-order valence-corrected chi connectivity index (χ3v) is 3.59. The molecule has 10 nitrogen and oxygen atoms in total. The molecule has 1 aromatic heterocycles. The summed E-state index contributed by atoms with van der Waals surface area (Å²) in [5.41, 5.74) is -0.0530. The van der Waals surface area contributed by atoms with Crippen molar-refractivity contribution in [2.75, 3.05) is 6.61 Å². The van der Waals surface area contributed by atoms with Crippen LogP contribution in [0.25, 0.3) is 0 Å². The van der Waals surface area contributed by atoms with Gasteiger partial charge in [-0.05, 0) is 6.07 Å². The first-order chi connectivity index (χ1) is 10.2. The second kappa shape index (κ2) is 6.39. The summed E-state index contributed by atoms with van der Waals surface area (Å²) in [5.74, 6) is -1.18. The number of aliphatic hydroxyl groups excluding tert-OH is 2. The third kappa shape index (κ3) is 3.87. The highest BCUT2D eigenvalue weighted by molar-refractivity contribution is 7.46. The topological polar surface area (TPSA) is 158 Å². The van der Waals surface area contributed by atoms with E-state index in [2.05, 4.69) is 4.52 Å². The lowest BCUT2D eigenvalue weighted by atomic mass is 10.1. The molecule has 11 heteroatoms. The predicted octanol–water partition coefficient (Wildman–Crippen LogP) is -1.60. The molecule has 1 aliphatic heterocycles. The first-order valence-electron chi connectivity index (χ1n) is 6.15. The molecule has 0 bridgehead atoms. The highest BCUT2D eigenvalue weighted by Gasteiger charge is 2.48. The Morgan fingerprint density at radius 1 is 1.36 bits per heavy atom. The molecule has 0 aromatic carbocycles. The maximum absolute atomic E-state index is 10.9. The molecule has 4 atom stereocenters. The van der Waals surface area contributed by atoms with Gasteiger partial charge in [0.05, 0.1) is 6.61 Å². The number of hydrogen-bond donors (Lipinski definition) is 5. The minimum atomic E-state index is -4.73. The minimum Gasteiger partial charge on any atom is -0.477 e. The van der Waals surface area contributed by atoms with Gasteiger partial charge in [0.2, 0.25) is 0 Å². The summed E-state index contributed by atoms with van der Waals surface area (Å²) in [6.07, 6.45) is -2.51. The van der Waals surface area contributed by atoms with Crippen LogP contribution in [0.5, 0.6) is 0 Å². The summed E-state index contributed by atoms with van der Waals surface area (Å²) >= 11 is 0. The van der Waals surface area contributed by atoms with Crippen LogP contribution in [-0.4, -0.2) is 56.0 Å². The first kappa shape index (κ1) is 17.0. The lowest BCUT2D eigenvalue weighted by molar-refractivity contribution is -0.765. The van der Waals surface area contributed by atoms with Crippen molar-refractivity contribution in [3.05, 3.63) is 30.1 Å². The first-order valence-corrected chi connectivity index (χ1v) is 7.68. The standard InChI is InChI=1S/C11H14NO9P/c13-8-7(5-20-22(17,18)19)21-10(9(8)14)12-3-1-2-6(4-12)11(15)16/h1-4,7-10,13-14H,5H2,(H2-,15,16,17,18,19)/p+1/t7-,8+,9?,10-/m1/s1. The number of aromatic nitrogens is 1. The van der Waals surface area contributed by atoms with Gasteiger partial charge in [0.15, 0.2) is 18.5 Å². The van der Waals surface area contributed by atoms with Gasteiger partial charge in [-0.3, -0.25) is 4.52 Å². The van der Waals surface area contributed by atoms with E-state index in [0.29, 0.717) is 0 Å². The van der Waals surface area contributed by atoms with Crippen LogP contribution in [0, 0.1) is 0 Å². The van der Waals surface area contributed by atoms with E-state index < -0.39 is 44.9 Å². The molecular formula is C11H15NO9P+. The Balaban J connectivity index is 2.14. The number of ether oxygens (including phenoxy) is 1. The molecule has 0 spiro atoms. The number of aliphatic hydroxyl groups is 2. The van der Waals surface area contributed by atoms with E-state index in [1.54, 1.807) is 0 Å². The van der Waals surface area contributed by atoms with Gasteiger partial charge in [-0.2, -0.15) is 4.57 Å². The van der Waals surface area contributed by atoms with Gasteiger partial charge in [0.1, 0.15) is 17.8 Å². The Bertz CT molecular complexity index is 603. The van der Waals surface area contributed by atoms with E-state index in [4.69, 9.17) is 19.6 Å². The molecule has 1 unspecified atom stereocenters. The normalized spacial score (nSPS) is 28.7. The van der Waals surface area contributed by atoms with Crippen LogP contribution in [-0.2, 0) is 13.8 Å². The van der Waals surface area contributed by atoms with E-state index >= 15 is 0 Å². The number of carboxylic acid groups (broad SMARTS) is 1. The van der Waals surface area contributed by atoms with Crippen LogP contribution < -0.4 is 4.57 Å². The molecule has 0 radical (unpaired) electrons. The van der Waals surface area contributed by atoms with Crippen molar-refractivity contribution in [3.8, 4) is 0 Å². The van der Waals surface area contributed by atoms with E-state index in [9.17, 15) is 19.6 Å². The molecule has 1 saturated heterocycles. The molecule has 0 amide bonds. The zero-order valence-electron chi connectivity index (χ0n) is 11.1. The Kier molecular flexibility index (Phi) is 4.93. The smallest absolute Gasteiger partial charge is 0.469 e. The van der Waals surface area contributed by atoms with Gasteiger partial charge >= 0.3 is 13.8 Å². The van der Waals surface area contributed by atoms with Crippen molar-refractivity contribution >= 4 is 13.8 Å². The van der Waals surface area contributed by atoms with Crippen molar-refractivity contribution in [3.63, 3.8) is 0 Å². The molecule has 22 heavy (non-hydrogen) atoms. The molecule has 1 aliphatic rings. The minimum absolute atomic E-state index is 0.0530. The summed E-state index contributed by atoms with van der Waals surface area (Å²) < 4.78 is 21.4. The maximum Gasteiger partial charge on any atom is 0.469 e. The lowest BCUT2D eigenvalue weighted by Gasteiger charge is -2.13. The number of hydrogen-bond acceptors (Lipinski definition) is 6. The Morgan fingerprint density at radius 3 is 2.64 bits per heavy atom. The van der Waals surface area contributed by atoms with E-state index in [0.717, 1.165) is 0 Å². The van der Waals surface area contributed by atoms with Crippen molar-refractivity contribution in [1.82, 2.24) is 0 Å². The van der Waals surface area contributed by atoms with Gasteiger partial charge < -0.3 is 29.8 Å². The Hall–Kier alpha value is -1.39. The largest absolute Gasteiger partial charge is 0.477 e. The number of carbonyl (C=O) groups is 1. The molecular weight excluding hydrogens is 321 g/mol. The SMILES string of the molecule is O=C(O)c1ccc[n+]([C@@H]2O[C@H](COP(=O)(O)O)[C@H](O)C2O)c1. The average Bonchev–Trinajstić information content (AvgIpc) is 2.72. The van der Waals surface area contributed by atoms with Crippen LogP contribution in [0.2, 0.25) is 0 Å². The average molecular weight is 336 g/mol. The fourth-order valence-electron chi connectivity index (χ4n) is 2.06. The second-order valence-corrected chi connectivity index (χ2v) is 5.92. The Labute approximate surface area is 124 Å². The van der Waals surface area contributed by atoms with Crippen molar-refractivity contribution in [2.45, 2.75) is 24.5 Å². The molecule has 2 rings (SSSR count). The van der Waals surface area contributed by atoms with Crippen LogP contribution in [0.3, 0.4) is 0 Å². The van der Waals surface area contributed by atoms with E-state index in [1.807, 2.05) is 0 Å². The number of nitrogens with zero attached hydrogens (tertiary/aromatic N) is 1. The molecule has 1 fully saturated rings. The summed E-state index contributed by atoms with van der Waals surface area (Å²) in [7, 11) is -4.73. The van der Waals surface area contributed by atoms with E-state index in [-0.39, 0.29) is 5.56 Å². The number of carboxylic acids is 1. The van der Waals surface area contributed by atoms with Gasteiger partial charge in [-0.1, -0.05) is 0 Å². The second-order valence-electron chi connectivity index (χ2n) is 4.68. The van der Waals surface area contributed by atoms with Crippen molar-refractivity contribution in [2.24, 2.45) is 0 Å². The summed E-state index contributed by atoms with van der Waals surface area (Å²) in [6.45, 7) is -0.627. The quantitative estimate of drug-likeness (QED) is 0.315. The maximum atomic E-state index is 10.9. The van der Waals surface area contributed by atoms with Crippen LogP contribution in [0.1, 0.15) is 16.6 Å². The summed E-state index contributed by atoms with van der Waals surface area (Å²) in [6, 6.07) is 2.76. The van der Waals surface area contributed by atoms with Crippen molar-refractivity contribution in [1.29, 1.82) is 0 Å². The zero-order chi connectivity index (χ0) is 16.5. The molecule has 0 aliphatic carbocycles. The zero-order valence-corrected chi connectivity index (χ0v) is 12.0. The Morgan fingerprint density at radius 2 is 2.05 bits per heavy atom. The lowest BCUT2D eigenvalue weighted by Crippen LogP contribution is -2.46.